The van der Waals surface area contributed by atoms with Gasteiger partial charge in [-0.1, -0.05) is 11.6 Å². The fourth-order valence-corrected chi connectivity index (χ4v) is 2.17. The van der Waals surface area contributed by atoms with E-state index in [0.29, 0.717) is 14.2 Å². The summed E-state index contributed by atoms with van der Waals surface area (Å²) in [6, 6.07) is 7.63. The van der Waals surface area contributed by atoms with Crippen LogP contribution in [0.2, 0.25) is 5.02 Å². The monoisotopic (exact) mass is 363 g/mol. The van der Waals surface area contributed by atoms with Crippen molar-refractivity contribution >= 4 is 34.2 Å². The lowest BCUT2D eigenvalue weighted by molar-refractivity contribution is 0.622. The average molecular weight is 364 g/mol. The number of rotatable bonds is 2. The van der Waals surface area contributed by atoms with Gasteiger partial charge in [-0.2, -0.15) is 0 Å². The SMILES string of the molecule is O=c1c(I)cccn1Cc1cc(F)ccc1Cl. The molecule has 0 fully saturated rings. The first-order valence-electron chi connectivity index (χ1n) is 4.87. The molecule has 0 aliphatic heterocycles. The van der Waals surface area contributed by atoms with Crippen LogP contribution in [-0.4, -0.2) is 4.57 Å². The molecule has 88 valence electrons. The van der Waals surface area contributed by atoms with Crippen LogP contribution in [0, 0.1) is 9.39 Å². The number of hydrogen-bond donors (Lipinski definition) is 0. The van der Waals surface area contributed by atoms with Gasteiger partial charge >= 0.3 is 0 Å². The molecule has 0 spiro atoms. The van der Waals surface area contributed by atoms with Gasteiger partial charge in [-0.3, -0.25) is 4.79 Å². The van der Waals surface area contributed by atoms with Gasteiger partial charge in [0.05, 0.1) is 10.1 Å². The van der Waals surface area contributed by atoms with Gasteiger partial charge in [0.1, 0.15) is 5.82 Å². The third-order valence-electron chi connectivity index (χ3n) is 2.32. The Kier molecular flexibility index (Phi) is 3.83. The molecule has 0 unspecified atom stereocenters. The fourth-order valence-electron chi connectivity index (χ4n) is 1.48. The number of benzene rings is 1. The van der Waals surface area contributed by atoms with Gasteiger partial charge in [0.15, 0.2) is 0 Å². The van der Waals surface area contributed by atoms with Gasteiger partial charge in [0.2, 0.25) is 0 Å². The van der Waals surface area contributed by atoms with Crippen LogP contribution < -0.4 is 5.56 Å². The molecular weight excluding hydrogens is 355 g/mol. The Morgan fingerprint density at radius 1 is 1.35 bits per heavy atom. The summed E-state index contributed by atoms with van der Waals surface area (Å²) in [5.41, 5.74) is 0.490. The molecule has 0 amide bonds. The lowest BCUT2D eigenvalue weighted by atomic mass is 10.2. The van der Waals surface area contributed by atoms with Crippen molar-refractivity contribution in [2.24, 2.45) is 0 Å². The molecule has 0 radical (unpaired) electrons. The normalized spacial score (nSPS) is 10.5. The fraction of sp³-hybridized carbons (Fsp3) is 0.0833. The molecule has 0 aliphatic carbocycles. The summed E-state index contributed by atoms with van der Waals surface area (Å²) < 4.78 is 15.2. The van der Waals surface area contributed by atoms with Gasteiger partial charge in [0.25, 0.3) is 5.56 Å². The Morgan fingerprint density at radius 3 is 2.88 bits per heavy atom. The van der Waals surface area contributed by atoms with E-state index in [1.54, 1.807) is 18.3 Å². The van der Waals surface area contributed by atoms with Crippen LogP contribution in [0.25, 0.3) is 0 Å². The maximum atomic E-state index is 13.1. The topological polar surface area (TPSA) is 22.0 Å². The summed E-state index contributed by atoms with van der Waals surface area (Å²) in [6.07, 6.45) is 1.66. The second kappa shape index (κ2) is 5.18. The molecule has 17 heavy (non-hydrogen) atoms. The molecule has 0 atom stereocenters. The zero-order chi connectivity index (χ0) is 12.4. The zero-order valence-electron chi connectivity index (χ0n) is 8.66. The van der Waals surface area contributed by atoms with Crippen LogP contribution in [-0.2, 0) is 6.54 Å². The van der Waals surface area contributed by atoms with E-state index >= 15 is 0 Å². The van der Waals surface area contributed by atoms with E-state index in [4.69, 9.17) is 11.6 Å². The number of hydrogen-bond acceptors (Lipinski definition) is 1. The lowest BCUT2D eigenvalue weighted by Gasteiger charge is -2.08. The summed E-state index contributed by atoms with van der Waals surface area (Å²) in [5.74, 6) is -0.358. The van der Waals surface area contributed by atoms with Crippen LogP contribution in [0.3, 0.4) is 0 Å². The summed E-state index contributed by atoms with van der Waals surface area (Å²) in [5, 5.41) is 0.456. The molecule has 2 rings (SSSR count). The number of nitrogens with zero attached hydrogens (tertiary/aromatic N) is 1. The van der Waals surface area contributed by atoms with Crippen molar-refractivity contribution in [3.63, 3.8) is 0 Å². The molecule has 1 heterocycles. The van der Waals surface area contributed by atoms with Gasteiger partial charge in [-0.25, -0.2) is 4.39 Å². The predicted octanol–water partition coefficient (Wildman–Crippen LogP) is 3.29. The van der Waals surface area contributed by atoms with Crippen LogP contribution in [0.15, 0.2) is 41.3 Å². The highest BCUT2D eigenvalue weighted by Gasteiger charge is 2.05. The minimum atomic E-state index is -0.358. The second-order valence-electron chi connectivity index (χ2n) is 3.52. The van der Waals surface area contributed by atoms with Gasteiger partial charge in [0, 0.05) is 11.2 Å². The van der Waals surface area contributed by atoms with E-state index in [2.05, 4.69) is 0 Å². The van der Waals surface area contributed by atoms with Crippen molar-refractivity contribution in [3.05, 3.63) is 66.9 Å². The van der Waals surface area contributed by atoms with Crippen LogP contribution >= 0.6 is 34.2 Å². The van der Waals surface area contributed by atoms with E-state index in [9.17, 15) is 9.18 Å². The van der Waals surface area contributed by atoms with Crippen LogP contribution in [0.1, 0.15) is 5.56 Å². The van der Waals surface area contributed by atoms with E-state index in [0.717, 1.165) is 0 Å². The molecule has 0 bridgehead atoms. The molecule has 5 heteroatoms. The minimum absolute atomic E-state index is 0.103. The molecule has 2 aromatic rings. The highest BCUT2D eigenvalue weighted by Crippen LogP contribution is 2.17. The Labute approximate surface area is 116 Å². The van der Waals surface area contributed by atoms with Crippen molar-refractivity contribution in [2.45, 2.75) is 6.54 Å². The van der Waals surface area contributed by atoms with Crippen molar-refractivity contribution in [2.75, 3.05) is 0 Å². The van der Waals surface area contributed by atoms with Gasteiger partial charge < -0.3 is 4.57 Å². The first-order valence-corrected chi connectivity index (χ1v) is 6.32. The van der Waals surface area contributed by atoms with E-state index < -0.39 is 0 Å². The quantitative estimate of drug-likeness (QED) is 0.751. The van der Waals surface area contributed by atoms with E-state index in [-0.39, 0.29) is 17.9 Å². The highest BCUT2D eigenvalue weighted by molar-refractivity contribution is 14.1. The molecular formula is C12H8ClFINO. The summed E-state index contributed by atoms with van der Waals surface area (Å²) >= 11 is 7.92. The maximum absolute atomic E-state index is 13.1. The molecule has 1 aromatic heterocycles. The average Bonchev–Trinajstić information content (AvgIpc) is 2.30. The third-order valence-corrected chi connectivity index (χ3v) is 3.51. The number of halogens is 3. The zero-order valence-corrected chi connectivity index (χ0v) is 11.6. The smallest absolute Gasteiger partial charge is 0.264 e. The Bertz CT molecular complexity index is 612. The predicted molar refractivity (Wildman–Crippen MR) is 73.9 cm³/mol. The van der Waals surface area contributed by atoms with Crippen LogP contribution in [0.5, 0.6) is 0 Å². The Hall–Kier alpha value is -0.880. The Balaban J connectivity index is 2.41. The lowest BCUT2D eigenvalue weighted by Crippen LogP contribution is -2.22. The standard InChI is InChI=1S/C12H8ClFINO/c13-10-4-3-9(14)6-8(10)7-16-5-1-2-11(15)12(16)17/h1-6H,7H2. The van der Waals surface area contributed by atoms with E-state index in [1.165, 1.54) is 22.8 Å². The first-order chi connectivity index (χ1) is 8.08. The molecule has 2 nitrogen and oxygen atoms in total. The summed E-state index contributed by atoms with van der Waals surface area (Å²) in [4.78, 5) is 11.8. The van der Waals surface area contributed by atoms with Crippen molar-refractivity contribution in [1.29, 1.82) is 0 Å². The number of aromatic nitrogens is 1. The minimum Gasteiger partial charge on any atom is -0.310 e. The molecule has 0 N–H and O–H groups in total. The Morgan fingerprint density at radius 2 is 2.12 bits per heavy atom. The maximum Gasteiger partial charge on any atom is 0.264 e. The molecule has 0 aliphatic rings. The first kappa shape index (κ1) is 12.6. The summed E-state index contributed by atoms with van der Waals surface area (Å²) in [6.45, 7) is 0.270. The van der Waals surface area contributed by atoms with E-state index in [1.807, 2.05) is 22.6 Å². The van der Waals surface area contributed by atoms with Crippen LogP contribution in [0.4, 0.5) is 4.39 Å². The third kappa shape index (κ3) is 2.87. The van der Waals surface area contributed by atoms with Crippen molar-refractivity contribution in [3.8, 4) is 0 Å². The van der Waals surface area contributed by atoms with Crippen molar-refractivity contribution in [1.82, 2.24) is 4.57 Å². The molecule has 0 saturated heterocycles. The summed E-state index contributed by atoms with van der Waals surface area (Å²) in [7, 11) is 0. The largest absolute Gasteiger partial charge is 0.310 e. The van der Waals surface area contributed by atoms with Gasteiger partial charge in [-0.15, -0.1) is 0 Å². The van der Waals surface area contributed by atoms with Gasteiger partial charge in [-0.05, 0) is 58.5 Å². The van der Waals surface area contributed by atoms with Crippen molar-refractivity contribution < 1.29 is 4.39 Å². The molecule has 1 aromatic carbocycles. The highest BCUT2D eigenvalue weighted by atomic mass is 127. The molecule has 0 saturated carbocycles. The second-order valence-corrected chi connectivity index (χ2v) is 5.09. The number of pyridine rings is 1.